The van der Waals surface area contributed by atoms with Crippen LogP contribution >= 0.6 is 11.3 Å². The van der Waals surface area contributed by atoms with E-state index in [4.69, 9.17) is 4.74 Å². The molecular weight excluding hydrogens is 230 g/mol. The van der Waals surface area contributed by atoms with Gasteiger partial charge in [-0.3, -0.25) is 0 Å². The molecule has 0 amide bonds. The van der Waals surface area contributed by atoms with Gasteiger partial charge in [0.15, 0.2) is 0 Å². The molecule has 2 atom stereocenters. The van der Waals surface area contributed by atoms with Crippen LogP contribution in [0.15, 0.2) is 6.07 Å². The number of ether oxygens (including phenoxy) is 1. The Morgan fingerprint density at radius 1 is 1.35 bits per heavy atom. The molecule has 3 heteroatoms. The zero-order chi connectivity index (χ0) is 11.8. The number of rotatable bonds is 4. The van der Waals surface area contributed by atoms with Crippen LogP contribution in [0.1, 0.15) is 40.7 Å². The van der Waals surface area contributed by atoms with Crippen molar-refractivity contribution in [2.45, 2.75) is 45.3 Å². The molecule has 2 fully saturated rings. The Morgan fingerprint density at radius 2 is 2.18 bits per heavy atom. The van der Waals surface area contributed by atoms with Gasteiger partial charge >= 0.3 is 0 Å². The van der Waals surface area contributed by atoms with Crippen molar-refractivity contribution in [2.75, 3.05) is 13.2 Å². The molecule has 1 aromatic heterocycles. The normalized spacial score (nSPS) is 28.8. The second-order valence-corrected chi connectivity index (χ2v) is 6.85. The summed E-state index contributed by atoms with van der Waals surface area (Å²) in [4.78, 5) is 2.84. The lowest BCUT2D eigenvalue weighted by atomic mass is 9.95. The van der Waals surface area contributed by atoms with Crippen LogP contribution in [0, 0.1) is 19.8 Å². The summed E-state index contributed by atoms with van der Waals surface area (Å²) in [6.07, 6.45) is 4.29. The van der Waals surface area contributed by atoms with Gasteiger partial charge in [0, 0.05) is 34.9 Å². The lowest BCUT2D eigenvalue weighted by molar-refractivity contribution is 0.0903. The third kappa shape index (κ3) is 2.56. The summed E-state index contributed by atoms with van der Waals surface area (Å²) in [5.74, 6) is 0.670. The molecule has 1 N–H and O–H groups in total. The maximum Gasteiger partial charge on any atom is 0.0876 e. The lowest BCUT2D eigenvalue weighted by Gasteiger charge is -2.19. The van der Waals surface area contributed by atoms with E-state index in [1.807, 2.05) is 11.3 Å². The van der Waals surface area contributed by atoms with Gasteiger partial charge in [0.1, 0.15) is 0 Å². The monoisotopic (exact) mass is 251 g/mol. The molecule has 2 aliphatic rings. The van der Waals surface area contributed by atoms with Gasteiger partial charge in [-0.25, -0.2) is 0 Å². The molecular formula is C14H21NOS. The smallest absolute Gasteiger partial charge is 0.0876 e. The van der Waals surface area contributed by atoms with Crippen LogP contribution in [0.2, 0.25) is 0 Å². The molecule has 1 saturated carbocycles. The molecule has 0 aromatic carbocycles. The third-order valence-electron chi connectivity index (χ3n) is 3.85. The summed E-state index contributed by atoms with van der Waals surface area (Å²) >= 11 is 1.89. The molecule has 3 rings (SSSR count). The molecule has 1 aliphatic carbocycles. The first-order chi connectivity index (χ1) is 8.24. The number of thiophene rings is 1. The molecule has 2 heterocycles. The standard InChI is InChI=1S/C14H21NOS/c1-9-7-13(10(2)17-9)14-11(5-6-16-14)8-15-12-3-4-12/h7,11-12,14-15H,3-6,8H2,1-2H3. The Hall–Kier alpha value is -0.380. The predicted molar refractivity (Wildman–Crippen MR) is 71.6 cm³/mol. The number of hydrogen-bond acceptors (Lipinski definition) is 3. The van der Waals surface area contributed by atoms with E-state index in [0.29, 0.717) is 12.0 Å². The first kappa shape index (κ1) is 11.7. The van der Waals surface area contributed by atoms with E-state index < -0.39 is 0 Å². The van der Waals surface area contributed by atoms with E-state index in [-0.39, 0.29) is 0 Å². The Bertz CT molecular complexity index is 397. The minimum absolute atomic E-state index is 0.339. The summed E-state index contributed by atoms with van der Waals surface area (Å²) in [5, 5.41) is 3.65. The highest BCUT2D eigenvalue weighted by atomic mass is 32.1. The zero-order valence-corrected chi connectivity index (χ0v) is 11.5. The van der Waals surface area contributed by atoms with Crippen molar-refractivity contribution in [3.63, 3.8) is 0 Å². The summed E-state index contributed by atoms with van der Waals surface area (Å²) in [6.45, 7) is 6.47. The molecule has 17 heavy (non-hydrogen) atoms. The third-order valence-corrected chi connectivity index (χ3v) is 4.83. The average molecular weight is 251 g/mol. The van der Waals surface area contributed by atoms with Gasteiger partial charge in [0.25, 0.3) is 0 Å². The number of aryl methyl sites for hydroxylation is 2. The molecule has 1 aromatic rings. The Balaban J connectivity index is 1.69. The van der Waals surface area contributed by atoms with Crippen LogP contribution in [0.4, 0.5) is 0 Å². The Morgan fingerprint density at radius 3 is 2.82 bits per heavy atom. The second-order valence-electron chi connectivity index (χ2n) is 5.39. The maximum atomic E-state index is 5.97. The van der Waals surface area contributed by atoms with E-state index >= 15 is 0 Å². The van der Waals surface area contributed by atoms with Crippen molar-refractivity contribution in [3.8, 4) is 0 Å². The first-order valence-electron chi connectivity index (χ1n) is 6.66. The highest BCUT2D eigenvalue weighted by Gasteiger charge is 2.32. The van der Waals surface area contributed by atoms with E-state index in [1.54, 1.807) is 0 Å². The molecule has 0 spiro atoms. The molecule has 0 radical (unpaired) electrons. The SMILES string of the molecule is Cc1cc(C2OCCC2CNC2CC2)c(C)s1. The van der Waals surface area contributed by atoms with E-state index in [0.717, 1.165) is 19.2 Å². The van der Waals surface area contributed by atoms with E-state index in [2.05, 4.69) is 25.2 Å². The minimum atomic E-state index is 0.339. The molecule has 1 aliphatic heterocycles. The van der Waals surface area contributed by atoms with Gasteiger partial charge in [-0.05, 0) is 44.7 Å². The fourth-order valence-corrected chi connectivity index (χ4v) is 3.69. The molecule has 0 bridgehead atoms. The Labute approximate surface area is 107 Å². The summed E-state index contributed by atoms with van der Waals surface area (Å²) < 4.78 is 5.97. The average Bonchev–Trinajstić information content (AvgIpc) is 2.91. The first-order valence-corrected chi connectivity index (χ1v) is 7.47. The molecule has 94 valence electrons. The van der Waals surface area contributed by atoms with E-state index in [1.165, 1.54) is 34.6 Å². The van der Waals surface area contributed by atoms with Gasteiger partial charge in [-0.2, -0.15) is 0 Å². The second kappa shape index (κ2) is 4.71. The minimum Gasteiger partial charge on any atom is -0.373 e. The van der Waals surface area contributed by atoms with E-state index in [9.17, 15) is 0 Å². The van der Waals surface area contributed by atoms with Crippen molar-refractivity contribution in [1.82, 2.24) is 5.32 Å². The fraction of sp³-hybridized carbons (Fsp3) is 0.714. The molecule has 1 saturated heterocycles. The molecule has 2 unspecified atom stereocenters. The summed E-state index contributed by atoms with van der Waals surface area (Å²) in [6, 6.07) is 3.13. The van der Waals surface area contributed by atoms with Crippen molar-refractivity contribution in [2.24, 2.45) is 5.92 Å². The van der Waals surface area contributed by atoms with Gasteiger partial charge in [0.2, 0.25) is 0 Å². The van der Waals surface area contributed by atoms with Crippen LogP contribution in [0.25, 0.3) is 0 Å². The summed E-state index contributed by atoms with van der Waals surface area (Å²) in [7, 11) is 0. The van der Waals surface area contributed by atoms with Crippen molar-refractivity contribution in [1.29, 1.82) is 0 Å². The van der Waals surface area contributed by atoms with Crippen molar-refractivity contribution < 1.29 is 4.74 Å². The highest BCUT2D eigenvalue weighted by molar-refractivity contribution is 7.12. The number of hydrogen-bond donors (Lipinski definition) is 1. The van der Waals surface area contributed by atoms with Crippen molar-refractivity contribution >= 4 is 11.3 Å². The quantitative estimate of drug-likeness (QED) is 0.887. The van der Waals surface area contributed by atoms with Crippen LogP contribution in [0.3, 0.4) is 0 Å². The largest absolute Gasteiger partial charge is 0.373 e. The van der Waals surface area contributed by atoms with Gasteiger partial charge in [0.05, 0.1) is 6.10 Å². The van der Waals surface area contributed by atoms with Crippen molar-refractivity contribution in [3.05, 3.63) is 21.4 Å². The molecule has 2 nitrogen and oxygen atoms in total. The van der Waals surface area contributed by atoms with Gasteiger partial charge in [-0.15, -0.1) is 11.3 Å². The van der Waals surface area contributed by atoms with Crippen LogP contribution < -0.4 is 5.32 Å². The van der Waals surface area contributed by atoms with Crippen LogP contribution in [-0.2, 0) is 4.74 Å². The van der Waals surface area contributed by atoms with Crippen LogP contribution in [-0.4, -0.2) is 19.2 Å². The topological polar surface area (TPSA) is 21.3 Å². The highest BCUT2D eigenvalue weighted by Crippen LogP contribution is 2.39. The lowest BCUT2D eigenvalue weighted by Crippen LogP contribution is -2.26. The number of nitrogens with one attached hydrogen (secondary N) is 1. The zero-order valence-electron chi connectivity index (χ0n) is 10.7. The van der Waals surface area contributed by atoms with Gasteiger partial charge < -0.3 is 10.1 Å². The maximum absolute atomic E-state index is 5.97. The van der Waals surface area contributed by atoms with Crippen LogP contribution in [0.5, 0.6) is 0 Å². The Kier molecular flexibility index (Phi) is 3.24. The fourth-order valence-electron chi connectivity index (χ4n) is 2.73. The van der Waals surface area contributed by atoms with Gasteiger partial charge in [-0.1, -0.05) is 0 Å². The summed E-state index contributed by atoms with van der Waals surface area (Å²) in [5.41, 5.74) is 1.44. The predicted octanol–water partition coefficient (Wildman–Crippen LogP) is 3.19.